The molecule has 2 aliphatic heterocycles. The molecule has 0 N–H and O–H groups in total. The highest BCUT2D eigenvalue weighted by Crippen LogP contribution is 2.31. The Morgan fingerprint density at radius 1 is 1.22 bits per heavy atom. The summed E-state index contributed by atoms with van der Waals surface area (Å²) >= 11 is 0. The summed E-state index contributed by atoms with van der Waals surface area (Å²) in [7, 11) is 1.37. The first-order chi connectivity index (χ1) is 15.2. The number of ether oxygens (including phenoxy) is 2. The fourth-order valence-electron chi connectivity index (χ4n) is 3.83. The van der Waals surface area contributed by atoms with E-state index in [1.807, 2.05) is 0 Å². The number of alkyl halides is 2. The predicted octanol–water partition coefficient (Wildman–Crippen LogP) is 2.73. The summed E-state index contributed by atoms with van der Waals surface area (Å²) in [6.45, 7) is 1.06. The first kappa shape index (κ1) is 22.1. The number of benzene rings is 1. The van der Waals surface area contributed by atoms with Crippen molar-refractivity contribution in [3.05, 3.63) is 53.5 Å². The zero-order valence-corrected chi connectivity index (χ0v) is 17.6. The highest BCUT2D eigenvalue weighted by atomic mass is 19.3. The number of carbonyl (C=O) groups excluding carboxylic acids is 2. The molecule has 0 bridgehead atoms. The summed E-state index contributed by atoms with van der Waals surface area (Å²) in [5.41, 5.74) is 0.463. The van der Waals surface area contributed by atoms with Crippen molar-refractivity contribution >= 4 is 17.6 Å². The van der Waals surface area contributed by atoms with Crippen molar-refractivity contribution in [1.29, 1.82) is 0 Å². The molecule has 2 fully saturated rings. The van der Waals surface area contributed by atoms with Gasteiger partial charge in [0.2, 0.25) is 5.91 Å². The van der Waals surface area contributed by atoms with Crippen LogP contribution in [0.15, 0.2) is 36.5 Å². The maximum Gasteiger partial charge on any atom is 0.270 e. The predicted molar refractivity (Wildman–Crippen MR) is 108 cm³/mol. The van der Waals surface area contributed by atoms with E-state index in [0.717, 1.165) is 17.9 Å². The van der Waals surface area contributed by atoms with Crippen LogP contribution in [0.5, 0.6) is 5.75 Å². The molecule has 0 saturated carbocycles. The number of halogens is 3. The van der Waals surface area contributed by atoms with E-state index in [-0.39, 0.29) is 49.4 Å². The van der Waals surface area contributed by atoms with E-state index in [0.29, 0.717) is 5.56 Å². The number of rotatable bonds is 6. The normalized spacial score (nSPS) is 19.8. The largest absolute Gasteiger partial charge is 0.495 e. The van der Waals surface area contributed by atoms with E-state index in [2.05, 4.69) is 4.98 Å². The van der Waals surface area contributed by atoms with Crippen molar-refractivity contribution in [3.63, 3.8) is 0 Å². The SMILES string of the molecule is COc1cnc(N2CC(=O)N(Cc3ccc(C(C)(F)F)cc3)[C@@H](C3COC3)C2=O)c(F)c1. The third-order valence-corrected chi connectivity index (χ3v) is 5.68. The van der Waals surface area contributed by atoms with Gasteiger partial charge < -0.3 is 14.4 Å². The van der Waals surface area contributed by atoms with Gasteiger partial charge in [-0.2, -0.15) is 0 Å². The molecule has 1 aromatic heterocycles. The molecule has 0 radical (unpaired) electrons. The summed E-state index contributed by atoms with van der Waals surface area (Å²) < 4.78 is 51.7. The Bertz CT molecular complexity index is 1020. The Kier molecular flexibility index (Phi) is 5.81. The van der Waals surface area contributed by atoms with E-state index in [1.54, 1.807) is 0 Å². The minimum Gasteiger partial charge on any atom is -0.495 e. The van der Waals surface area contributed by atoms with Crippen LogP contribution in [-0.2, 0) is 26.8 Å². The number of piperazine rings is 1. The number of anilines is 1. The van der Waals surface area contributed by atoms with Crippen LogP contribution in [-0.4, -0.2) is 54.6 Å². The average molecular weight is 449 g/mol. The van der Waals surface area contributed by atoms with Gasteiger partial charge in [0.25, 0.3) is 11.8 Å². The number of hydrogen-bond acceptors (Lipinski definition) is 5. The van der Waals surface area contributed by atoms with E-state index in [4.69, 9.17) is 9.47 Å². The fraction of sp³-hybridized carbons (Fsp3) is 0.409. The average Bonchev–Trinajstić information content (AvgIpc) is 2.71. The van der Waals surface area contributed by atoms with Crippen LogP contribution in [0.25, 0.3) is 0 Å². The van der Waals surface area contributed by atoms with Crippen molar-refractivity contribution in [2.75, 3.05) is 31.8 Å². The number of carbonyl (C=O) groups is 2. The van der Waals surface area contributed by atoms with Gasteiger partial charge in [0, 0.05) is 31.0 Å². The number of amides is 2. The van der Waals surface area contributed by atoms with Crippen molar-refractivity contribution in [3.8, 4) is 5.75 Å². The van der Waals surface area contributed by atoms with Crippen LogP contribution in [0.2, 0.25) is 0 Å². The van der Waals surface area contributed by atoms with Gasteiger partial charge in [-0.3, -0.25) is 14.5 Å². The molecule has 1 atom stereocenters. The monoisotopic (exact) mass is 449 g/mol. The molecule has 3 heterocycles. The van der Waals surface area contributed by atoms with Crippen LogP contribution < -0.4 is 9.64 Å². The molecular formula is C22H22F3N3O4. The van der Waals surface area contributed by atoms with Crippen molar-refractivity contribution < 1.29 is 32.2 Å². The number of hydrogen-bond donors (Lipinski definition) is 0. The zero-order valence-electron chi connectivity index (χ0n) is 17.6. The molecule has 10 heteroatoms. The molecule has 7 nitrogen and oxygen atoms in total. The van der Waals surface area contributed by atoms with Gasteiger partial charge in [0.1, 0.15) is 18.3 Å². The quantitative estimate of drug-likeness (QED) is 0.678. The number of methoxy groups -OCH3 is 1. The number of aromatic nitrogens is 1. The lowest BCUT2D eigenvalue weighted by Crippen LogP contribution is -2.65. The van der Waals surface area contributed by atoms with E-state index < -0.39 is 29.6 Å². The maximum atomic E-state index is 14.6. The highest BCUT2D eigenvalue weighted by molar-refractivity contribution is 6.06. The number of pyridine rings is 1. The van der Waals surface area contributed by atoms with Crippen LogP contribution in [0.3, 0.4) is 0 Å². The van der Waals surface area contributed by atoms with Gasteiger partial charge in [-0.05, 0) is 5.56 Å². The molecule has 0 spiro atoms. The third kappa shape index (κ3) is 4.14. The van der Waals surface area contributed by atoms with Crippen LogP contribution in [0.4, 0.5) is 19.0 Å². The molecule has 32 heavy (non-hydrogen) atoms. The van der Waals surface area contributed by atoms with Gasteiger partial charge in [0.15, 0.2) is 11.6 Å². The van der Waals surface area contributed by atoms with Crippen molar-refractivity contribution in [1.82, 2.24) is 9.88 Å². The van der Waals surface area contributed by atoms with E-state index in [1.165, 1.54) is 42.5 Å². The standard InChI is InChI=1S/C22H22F3N3O4/c1-22(24,25)15-5-3-13(4-6-15)9-27-18(29)10-28(21(30)19(27)14-11-32-12-14)20-17(23)7-16(31-2)8-26-20/h3-8,14,19H,9-12H2,1-2H3/t19-/m0/s1. The van der Waals surface area contributed by atoms with Gasteiger partial charge in [-0.15, -0.1) is 0 Å². The second-order valence-electron chi connectivity index (χ2n) is 7.95. The molecule has 0 unspecified atom stereocenters. The van der Waals surface area contributed by atoms with Crippen LogP contribution in [0, 0.1) is 11.7 Å². The summed E-state index contributed by atoms with van der Waals surface area (Å²) in [5, 5.41) is 0. The fourth-order valence-corrected chi connectivity index (χ4v) is 3.83. The lowest BCUT2D eigenvalue weighted by atomic mass is 9.92. The van der Waals surface area contributed by atoms with E-state index in [9.17, 15) is 22.8 Å². The highest BCUT2D eigenvalue weighted by Gasteiger charge is 2.47. The molecule has 0 aliphatic carbocycles. The molecule has 1 aromatic carbocycles. The molecule has 2 aliphatic rings. The van der Waals surface area contributed by atoms with E-state index >= 15 is 0 Å². The lowest BCUT2D eigenvalue weighted by molar-refractivity contribution is -0.155. The summed E-state index contributed by atoms with van der Waals surface area (Å²) in [6.07, 6.45) is 1.27. The Balaban J connectivity index is 1.61. The first-order valence-corrected chi connectivity index (χ1v) is 10.0. The topological polar surface area (TPSA) is 72.0 Å². The Morgan fingerprint density at radius 3 is 2.44 bits per heavy atom. The summed E-state index contributed by atoms with van der Waals surface area (Å²) in [5.74, 6) is -4.93. The minimum absolute atomic E-state index is 0.0632. The number of nitrogens with zero attached hydrogens (tertiary/aromatic N) is 3. The minimum atomic E-state index is -2.98. The Hall–Kier alpha value is -3.14. The van der Waals surface area contributed by atoms with Crippen LogP contribution >= 0.6 is 0 Å². The zero-order chi connectivity index (χ0) is 23.0. The lowest BCUT2D eigenvalue weighted by Gasteiger charge is -2.45. The van der Waals surface area contributed by atoms with Crippen molar-refractivity contribution in [2.24, 2.45) is 5.92 Å². The van der Waals surface area contributed by atoms with Gasteiger partial charge in [-0.1, -0.05) is 24.3 Å². The van der Waals surface area contributed by atoms with Gasteiger partial charge in [0.05, 0.1) is 26.5 Å². The Morgan fingerprint density at radius 2 is 1.91 bits per heavy atom. The molecule has 170 valence electrons. The van der Waals surface area contributed by atoms with Gasteiger partial charge >= 0.3 is 0 Å². The van der Waals surface area contributed by atoms with Crippen molar-refractivity contribution in [2.45, 2.75) is 25.4 Å². The molecule has 4 rings (SSSR count). The van der Waals surface area contributed by atoms with Gasteiger partial charge in [-0.25, -0.2) is 18.2 Å². The maximum absolute atomic E-state index is 14.6. The molecule has 2 saturated heterocycles. The molecule has 2 aromatic rings. The first-order valence-electron chi connectivity index (χ1n) is 10.0. The molecule has 2 amide bonds. The molecular weight excluding hydrogens is 427 g/mol. The second kappa shape index (κ2) is 8.42. The summed E-state index contributed by atoms with van der Waals surface area (Å²) in [6, 6.07) is 5.84. The Labute approximate surface area is 182 Å². The smallest absolute Gasteiger partial charge is 0.270 e. The third-order valence-electron chi connectivity index (χ3n) is 5.68. The summed E-state index contributed by atoms with van der Waals surface area (Å²) in [4.78, 5) is 32.8. The second-order valence-corrected chi connectivity index (χ2v) is 7.95. The van der Waals surface area contributed by atoms with Crippen LogP contribution in [0.1, 0.15) is 18.1 Å².